The summed E-state index contributed by atoms with van der Waals surface area (Å²) in [6, 6.07) is 0.105. The molecule has 0 aromatic carbocycles. The van der Waals surface area contributed by atoms with Gasteiger partial charge in [0.25, 0.3) is 0 Å². The molecule has 0 aliphatic carbocycles. The second-order valence-electron chi connectivity index (χ2n) is 3.61. The maximum absolute atomic E-state index is 5.77. The SMILES string of the molecule is CCc1cnc(C(C)Nc2cncc(Cl)n2)s1. The zero-order chi connectivity index (χ0) is 12.3. The zero-order valence-corrected chi connectivity index (χ0v) is 11.2. The van der Waals surface area contributed by atoms with E-state index in [1.807, 2.05) is 13.1 Å². The van der Waals surface area contributed by atoms with Crippen LogP contribution >= 0.6 is 22.9 Å². The molecule has 2 aromatic heterocycles. The lowest BCUT2D eigenvalue weighted by atomic mass is 10.3. The van der Waals surface area contributed by atoms with E-state index in [1.165, 1.54) is 11.1 Å². The number of hydrogen-bond acceptors (Lipinski definition) is 5. The molecule has 1 atom stereocenters. The quantitative estimate of drug-likeness (QED) is 0.924. The third-order valence-corrected chi connectivity index (χ3v) is 3.77. The van der Waals surface area contributed by atoms with Crippen LogP contribution in [0.4, 0.5) is 5.82 Å². The number of hydrogen-bond donors (Lipinski definition) is 1. The summed E-state index contributed by atoms with van der Waals surface area (Å²) >= 11 is 7.48. The van der Waals surface area contributed by atoms with Crippen molar-refractivity contribution in [2.75, 3.05) is 5.32 Å². The molecule has 0 aliphatic rings. The Morgan fingerprint density at radius 2 is 2.24 bits per heavy atom. The highest BCUT2D eigenvalue weighted by molar-refractivity contribution is 7.11. The lowest BCUT2D eigenvalue weighted by Gasteiger charge is -2.11. The van der Waals surface area contributed by atoms with Gasteiger partial charge in [0.15, 0.2) is 0 Å². The van der Waals surface area contributed by atoms with Crippen molar-refractivity contribution in [2.45, 2.75) is 26.3 Å². The van der Waals surface area contributed by atoms with Gasteiger partial charge in [0.1, 0.15) is 16.0 Å². The summed E-state index contributed by atoms with van der Waals surface area (Å²) in [7, 11) is 0. The summed E-state index contributed by atoms with van der Waals surface area (Å²) in [4.78, 5) is 13.8. The van der Waals surface area contributed by atoms with Crippen LogP contribution in [-0.4, -0.2) is 15.0 Å². The number of aryl methyl sites for hydroxylation is 1. The minimum atomic E-state index is 0.105. The smallest absolute Gasteiger partial charge is 0.149 e. The summed E-state index contributed by atoms with van der Waals surface area (Å²) < 4.78 is 0. The highest BCUT2D eigenvalue weighted by Crippen LogP contribution is 2.23. The van der Waals surface area contributed by atoms with E-state index in [9.17, 15) is 0 Å². The molecule has 0 fully saturated rings. The average molecular weight is 269 g/mol. The molecule has 0 bridgehead atoms. The third-order valence-electron chi connectivity index (χ3n) is 2.26. The molecule has 0 saturated heterocycles. The van der Waals surface area contributed by atoms with Gasteiger partial charge in [0, 0.05) is 11.1 Å². The molecule has 2 aromatic rings. The largest absolute Gasteiger partial charge is 0.360 e. The summed E-state index contributed by atoms with van der Waals surface area (Å²) in [5.74, 6) is 0.665. The average Bonchev–Trinajstić information content (AvgIpc) is 2.77. The van der Waals surface area contributed by atoms with Gasteiger partial charge in [0.05, 0.1) is 18.4 Å². The molecule has 0 saturated carbocycles. The maximum Gasteiger partial charge on any atom is 0.149 e. The van der Waals surface area contributed by atoms with E-state index in [0.29, 0.717) is 11.0 Å². The highest BCUT2D eigenvalue weighted by atomic mass is 35.5. The van der Waals surface area contributed by atoms with Crippen molar-refractivity contribution in [1.29, 1.82) is 0 Å². The second-order valence-corrected chi connectivity index (χ2v) is 5.15. The van der Waals surface area contributed by atoms with Crippen LogP contribution in [0.25, 0.3) is 0 Å². The van der Waals surface area contributed by atoms with Crippen LogP contribution < -0.4 is 5.32 Å². The van der Waals surface area contributed by atoms with Crippen molar-refractivity contribution in [1.82, 2.24) is 15.0 Å². The highest BCUT2D eigenvalue weighted by Gasteiger charge is 2.10. The molecule has 4 nitrogen and oxygen atoms in total. The summed E-state index contributed by atoms with van der Waals surface area (Å²) in [5, 5.41) is 4.66. The minimum Gasteiger partial charge on any atom is -0.360 e. The van der Waals surface area contributed by atoms with Gasteiger partial charge >= 0.3 is 0 Å². The van der Waals surface area contributed by atoms with Gasteiger partial charge in [-0.05, 0) is 13.3 Å². The number of thiazole rings is 1. The van der Waals surface area contributed by atoms with Gasteiger partial charge in [-0.1, -0.05) is 18.5 Å². The van der Waals surface area contributed by atoms with Gasteiger partial charge in [-0.3, -0.25) is 4.98 Å². The Kier molecular flexibility index (Phi) is 3.91. The summed E-state index contributed by atoms with van der Waals surface area (Å²) in [5.41, 5.74) is 0. The van der Waals surface area contributed by atoms with Crippen LogP contribution in [0, 0.1) is 0 Å². The van der Waals surface area contributed by atoms with Crippen molar-refractivity contribution in [3.05, 3.63) is 33.6 Å². The first kappa shape index (κ1) is 12.3. The van der Waals surface area contributed by atoms with Crippen LogP contribution in [-0.2, 0) is 6.42 Å². The maximum atomic E-state index is 5.77. The Morgan fingerprint density at radius 1 is 1.41 bits per heavy atom. The predicted molar refractivity (Wildman–Crippen MR) is 70.6 cm³/mol. The van der Waals surface area contributed by atoms with Crippen molar-refractivity contribution in [2.24, 2.45) is 0 Å². The number of nitrogens with zero attached hydrogens (tertiary/aromatic N) is 3. The number of nitrogens with one attached hydrogen (secondary N) is 1. The Morgan fingerprint density at radius 3 is 2.88 bits per heavy atom. The fraction of sp³-hybridized carbons (Fsp3) is 0.364. The first-order chi connectivity index (χ1) is 8.19. The molecule has 6 heteroatoms. The molecule has 0 aliphatic heterocycles. The molecular weight excluding hydrogens is 256 g/mol. The fourth-order valence-electron chi connectivity index (χ4n) is 1.38. The molecule has 1 unspecified atom stereocenters. The monoisotopic (exact) mass is 268 g/mol. The molecule has 0 radical (unpaired) electrons. The van der Waals surface area contributed by atoms with Crippen LogP contribution in [0.15, 0.2) is 18.6 Å². The van der Waals surface area contributed by atoms with E-state index in [-0.39, 0.29) is 6.04 Å². The van der Waals surface area contributed by atoms with Gasteiger partial charge in [-0.25, -0.2) is 9.97 Å². The Balaban J connectivity index is 2.08. The standard InChI is InChI=1S/C11H13ClN4S/c1-3-8-4-14-11(17-8)7(2)15-10-6-13-5-9(12)16-10/h4-7H,3H2,1-2H3,(H,15,16). The van der Waals surface area contributed by atoms with Crippen LogP contribution in [0.1, 0.15) is 29.8 Å². The molecule has 0 amide bonds. The number of rotatable bonds is 4. The first-order valence-corrected chi connectivity index (χ1v) is 6.57. The van der Waals surface area contributed by atoms with Crippen LogP contribution in [0.3, 0.4) is 0 Å². The minimum absolute atomic E-state index is 0.105. The first-order valence-electron chi connectivity index (χ1n) is 5.37. The van der Waals surface area contributed by atoms with Crippen LogP contribution in [0.2, 0.25) is 5.15 Å². The molecule has 90 valence electrons. The normalized spacial score (nSPS) is 12.4. The van der Waals surface area contributed by atoms with E-state index in [0.717, 1.165) is 11.4 Å². The Bertz CT molecular complexity index is 500. The van der Waals surface area contributed by atoms with Crippen LogP contribution in [0.5, 0.6) is 0 Å². The summed E-state index contributed by atoms with van der Waals surface area (Å²) in [6.45, 7) is 4.17. The van der Waals surface area contributed by atoms with Crippen molar-refractivity contribution in [3.8, 4) is 0 Å². The molecule has 2 rings (SSSR count). The topological polar surface area (TPSA) is 50.7 Å². The van der Waals surface area contributed by atoms with Crippen molar-refractivity contribution < 1.29 is 0 Å². The van der Waals surface area contributed by atoms with Crippen molar-refractivity contribution in [3.63, 3.8) is 0 Å². The number of anilines is 1. The van der Waals surface area contributed by atoms with Crippen molar-refractivity contribution >= 4 is 28.8 Å². The molecule has 1 N–H and O–H groups in total. The van der Waals surface area contributed by atoms with E-state index in [4.69, 9.17) is 11.6 Å². The zero-order valence-electron chi connectivity index (χ0n) is 9.64. The van der Waals surface area contributed by atoms with Gasteiger partial charge in [-0.15, -0.1) is 11.3 Å². The molecule has 0 spiro atoms. The lowest BCUT2D eigenvalue weighted by molar-refractivity contribution is 0.858. The molecule has 17 heavy (non-hydrogen) atoms. The third kappa shape index (κ3) is 3.14. The van der Waals surface area contributed by atoms with E-state index in [2.05, 4.69) is 27.2 Å². The second kappa shape index (κ2) is 5.42. The Hall–Kier alpha value is -1.20. The fourth-order valence-corrected chi connectivity index (χ4v) is 2.39. The Labute approximate surface area is 109 Å². The van der Waals surface area contributed by atoms with Gasteiger partial charge < -0.3 is 5.32 Å². The predicted octanol–water partition coefficient (Wildman–Crippen LogP) is 3.32. The summed E-state index contributed by atoms with van der Waals surface area (Å²) in [6.07, 6.45) is 6.09. The lowest BCUT2D eigenvalue weighted by Crippen LogP contribution is -2.07. The van der Waals surface area contributed by atoms with E-state index < -0.39 is 0 Å². The van der Waals surface area contributed by atoms with E-state index >= 15 is 0 Å². The van der Waals surface area contributed by atoms with Gasteiger partial charge in [0.2, 0.25) is 0 Å². The van der Waals surface area contributed by atoms with E-state index in [1.54, 1.807) is 17.5 Å². The molecule has 2 heterocycles. The molecular formula is C11H13ClN4S. The van der Waals surface area contributed by atoms with Gasteiger partial charge in [-0.2, -0.15) is 0 Å². The number of aromatic nitrogens is 3. The number of halogens is 1.